The van der Waals surface area contributed by atoms with Gasteiger partial charge in [-0.2, -0.15) is 0 Å². The monoisotopic (exact) mass is 385 g/mol. The molecule has 0 spiro atoms. The summed E-state index contributed by atoms with van der Waals surface area (Å²) in [5.74, 6) is -0.0977. The van der Waals surface area contributed by atoms with Crippen LogP contribution in [0.4, 0.5) is 5.69 Å². The van der Waals surface area contributed by atoms with Crippen LogP contribution in [0, 0.1) is 6.92 Å². The zero-order valence-corrected chi connectivity index (χ0v) is 16.1. The highest BCUT2D eigenvalue weighted by atomic mass is 32.2. The molecule has 0 bridgehead atoms. The highest BCUT2D eigenvalue weighted by Crippen LogP contribution is 2.38. The zero-order valence-electron chi connectivity index (χ0n) is 14.5. The average molecular weight is 385 g/mol. The lowest BCUT2D eigenvalue weighted by Gasteiger charge is -2.30. The van der Waals surface area contributed by atoms with Gasteiger partial charge in [-0.15, -0.1) is 11.3 Å². The lowest BCUT2D eigenvalue weighted by Crippen LogP contribution is -2.60. The number of aryl methyl sites for hydroxylation is 1. The lowest BCUT2D eigenvalue weighted by atomic mass is 10.0. The van der Waals surface area contributed by atoms with Gasteiger partial charge in [0.15, 0.2) is 0 Å². The summed E-state index contributed by atoms with van der Waals surface area (Å²) < 4.78 is 1.68. The molecule has 8 heteroatoms. The van der Waals surface area contributed by atoms with Gasteiger partial charge >= 0.3 is 17.4 Å². The normalized spacial score (nSPS) is 15.5. The van der Waals surface area contributed by atoms with Gasteiger partial charge in [-0.3, -0.25) is 14.6 Å². The number of hydrogen-bond donors (Lipinski definition) is 1. The largest absolute Gasteiger partial charge is 0.325 e. The molecule has 3 aromatic rings. The lowest BCUT2D eigenvalue weighted by molar-refractivity contribution is -0.762. The number of hydrogen-bond acceptors (Lipinski definition) is 5. The second kappa shape index (κ2) is 6.37. The van der Waals surface area contributed by atoms with Crippen molar-refractivity contribution in [2.24, 2.45) is 0 Å². The summed E-state index contributed by atoms with van der Waals surface area (Å²) in [5, 5.41) is 5.14. The Morgan fingerprint density at radius 1 is 1.31 bits per heavy atom. The Morgan fingerprint density at radius 2 is 2.08 bits per heavy atom. The van der Waals surface area contributed by atoms with E-state index in [1.807, 2.05) is 49.6 Å². The molecule has 3 heterocycles. The summed E-state index contributed by atoms with van der Waals surface area (Å²) in [6.45, 7) is 3.56. The number of nitrogens with zero attached hydrogens (tertiary/aromatic N) is 3. The van der Waals surface area contributed by atoms with Crippen molar-refractivity contribution in [1.82, 2.24) is 10.1 Å². The second-order valence-corrected chi connectivity index (χ2v) is 8.10. The SMILES string of the molecule is CSc1n[n+]2c(c(=O)[nH]1)-c1ccccc1N(C(C)=O)C2c1ccc(C)s1. The fourth-order valence-corrected chi connectivity index (χ4v) is 4.57. The molecule has 4 rings (SSSR count). The molecule has 1 N–H and O–H groups in total. The third kappa shape index (κ3) is 2.57. The molecule has 26 heavy (non-hydrogen) atoms. The number of rotatable bonds is 2. The number of thiophene rings is 1. The molecule has 6 nitrogen and oxygen atoms in total. The van der Waals surface area contributed by atoms with E-state index in [0.717, 1.165) is 15.4 Å². The van der Waals surface area contributed by atoms with E-state index < -0.39 is 6.17 Å². The highest BCUT2D eigenvalue weighted by molar-refractivity contribution is 7.98. The fraction of sp³-hybridized carbons (Fsp3) is 0.222. The van der Waals surface area contributed by atoms with Crippen LogP contribution < -0.4 is 15.1 Å². The van der Waals surface area contributed by atoms with E-state index in [4.69, 9.17) is 0 Å². The number of thioether (sulfide) groups is 1. The third-order valence-electron chi connectivity index (χ3n) is 4.31. The molecule has 0 saturated carbocycles. The molecule has 1 atom stereocenters. The van der Waals surface area contributed by atoms with E-state index in [0.29, 0.717) is 16.4 Å². The number of carbonyl (C=O) groups excluding carboxylic acids is 1. The number of fused-ring (bicyclic) bond motifs is 3. The molecule has 132 valence electrons. The van der Waals surface area contributed by atoms with Gasteiger partial charge in [0, 0.05) is 16.9 Å². The maximum absolute atomic E-state index is 12.8. The topological polar surface area (TPSA) is 69.9 Å². The summed E-state index contributed by atoms with van der Waals surface area (Å²) in [5.41, 5.74) is 1.68. The van der Waals surface area contributed by atoms with Gasteiger partial charge in [0.2, 0.25) is 11.1 Å². The number of anilines is 1. The number of amides is 1. The molecule has 1 aliphatic heterocycles. The van der Waals surface area contributed by atoms with Gasteiger partial charge in [0.1, 0.15) is 0 Å². The number of aromatic nitrogens is 3. The van der Waals surface area contributed by atoms with E-state index in [2.05, 4.69) is 10.1 Å². The van der Waals surface area contributed by atoms with Crippen LogP contribution in [0.2, 0.25) is 0 Å². The van der Waals surface area contributed by atoms with Crippen molar-refractivity contribution in [3.05, 3.63) is 56.5 Å². The first-order valence-electron chi connectivity index (χ1n) is 8.07. The minimum absolute atomic E-state index is 0.0977. The maximum Gasteiger partial charge on any atom is 0.325 e. The van der Waals surface area contributed by atoms with Crippen LogP contribution >= 0.6 is 23.1 Å². The Hall–Kier alpha value is -2.45. The Balaban J connectivity index is 2.10. The summed E-state index contributed by atoms with van der Waals surface area (Å²) in [6.07, 6.45) is 1.37. The zero-order chi connectivity index (χ0) is 18.4. The molecular weight excluding hydrogens is 368 g/mol. The number of H-pyrrole nitrogens is 1. The van der Waals surface area contributed by atoms with Crippen molar-refractivity contribution in [1.29, 1.82) is 0 Å². The molecule has 1 amide bonds. The van der Waals surface area contributed by atoms with E-state index in [9.17, 15) is 9.59 Å². The minimum Gasteiger partial charge on any atom is -0.291 e. The smallest absolute Gasteiger partial charge is 0.291 e. The number of nitrogens with one attached hydrogen (secondary N) is 1. The molecule has 2 aromatic heterocycles. The first-order chi connectivity index (χ1) is 12.5. The van der Waals surface area contributed by atoms with Crippen LogP contribution in [-0.4, -0.2) is 22.2 Å². The fourth-order valence-electron chi connectivity index (χ4n) is 3.25. The molecule has 0 fully saturated rings. The summed E-state index contributed by atoms with van der Waals surface area (Å²) in [6, 6.07) is 11.5. The highest BCUT2D eigenvalue weighted by Gasteiger charge is 2.45. The molecule has 1 unspecified atom stereocenters. The maximum atomic E-state index is 12.8. The van der Waals surface area contributed by atoms with Crippen LogP contribution in [0.3, 0.4) is 0 Å². The van der Waals surface area contributed by atoms with Crippen molar-refractivity contribution in [3.63, 3.8) is 0 Å². The van der Waals surface area contributed by atoms with E-state index in [1.165, 1.54) is 11.8 Å². The molecular formula is C18H17N4O2S2+. The Labute approximate surface area is 158 Å². The summed E-state index contributed by atoms with van der Waals surface area (Å²) in [7, 11) is 0. The van der Waals surface area contributed by atoms with Crippen LogP contribution in [0.15, 0.2) is 46.3 Å². The third-order valence-corrected chi connectivity index (χ3v) is 5.92. The Kier molecular flexibility index (Phi) is 4.16. The van der Waals surface area contributed by atoms with Gasteiger partial charge in [-0.25, -0.2) is 4.90 Å². The number of aromatic amines is 1. The van der Waals surface area contributed by atoms with Crippen LogP contribution in [0.5, 0.6) is 0 Å². The number of para-hydroxylation sites is 1. The van der Waals surface area contributed by atoms with Gasteiger partial charge < -0.3 is 0 Å². The van der Waals surface area contributed by atoms with Gasteiger partial charge in [-0.1, -0.05) is 23.9 Å². The van der Waals surface area contributed by atoms with E-state index in [1.54, 1.807) is 27.8 Å². The van der Waals surface area contributed by atoms with Crippen molar-refractivity contribution >= 4 is 34.7 Å². The Morgan fingerprint density at radius 3 is 2.73 bits per heavy atom. The second-order valence-electron chi connectivity index (χ2n) is 5.98. The van der Waals surface area contributed by atoms with Crippen molar-refractivity contribution in [3.8, 4) is 11.3 Å². The number of carbonyl (C=O) groups is 1. The van der Waals surface area contributed by atoms with E-state index in [-0.39, 0.29) is 11.5 Å². The van der Waals surface area contributed by atoms with Crippen molar-refractivity contribution < 1.29 is 9.48 Å². The predicted octanol–water partition coefficient (Wildman–Crippen LogP) is 2.73. The molecule has 0 saturated heterocycles. The quantitative estimate of drug-likeness (QED) is 0.544. The average Bonchev–Trinajstić information content (AvgIpc) is 3.05. The summed E-state index contributed by atoms with van der Waals surface area (Å²) >= 11 is 2.96. The Bertz CT molecular complexity index is 1070. The standard InChI is InChI=1S/C18H16N4O2S2/c1-10-8-9-14(26-10)17-21(11(2)23)13-7-5-4-6-12(13)15-16(24)19-18(25-3)20-22(15)17/h4-9,17H,1-3H3/p+1. The van der Waals surface area contributed by atoms with Gasteiger partial charge in [0.05, 0.1) is 16.1 Å². The van der Waals surface area contributed by atoms with Crippen LogP contribution in [-0.2, 0) is 4.79 Å². The first kappa shape index (κ1) is 17.0. The van der Waals surface area contributed by atoms with Gasteiger partial charge in [-0.05, 0) is 42.1 Å². The van der Waals surface area contributed by atoms with Gasteiger partial charge in [0.25, 0.3) is 0 Å². The van der Waals surface area contributed by atoms with Crippen LogP contribution in [0.25, 0.3) is 11.3 Å². The van der Waals surface area contributed by atoms with Crippen LogP contribution in [0.1, 0.15) is 22.8 Å². The molecule has 0 aliphatic carbocycles. The first-order valence-corrected chi connectivity index (χ1v) is 10.1. The predicted molar refractivity (Wildman–Crippen MR) is 103 cm³/mol. The molecule has 1 aromatic carbocycles. The minimum atomic E-state index is -0.482. The molecule has 1 aliphatic rings. The summed E-state index contributed by atoms with van der Waals surface area (Å²) in [4.78, 5) is 32.1. The van der Waals surface area contributed by atoms with E-state index >= 15 is 0 Å². The van der Waals surface area contributed by atoms with Crippen molar-refractivity contribution in [2.75, 3.05) is 11.2 Å². The number of benzene rings is 1. The van der Waals surface area contributed by atoms with Crippen molar-refractivity contribution in [2.45, 2.75) is 25.2 Å². The molecule has 0 radical (unpaired) electrons.